The summed E-state index contributed by atoms with van der Waals surface area (Å²) < 4.78 is 37.2. The van der Waals surface area contributed by atoms with Gasteiger partial charge in [-0.15, -0.1) is 0 Å². The number of rotatable bonds is 2. The van der Waals surface area contributed by atoms with Crippen molar-refractivity contribution in [2.75, 3.05) is 4.72 Å². The average Bonchev–Trinajstić information content (AvgIpc) is 2.18. The highest BCUT2D eigenvalue weighted by molar-refractivity contribution is 7.87. The van der Waals surface area contributed by atoms with Crippen LogP contribution in [0.1, 0.15) is 11.1 Å². The summed E-state index contributed by atoms with van der Waals surface area (Å²) in [4.78, 5) is 11.2. The van der Waals surface area contributed by atoms with Crippen molar-refractivity contribution in [2.24, 2.45) is 0 Å². The van der Waals surface area contributed by atoms with Crippen molar-refractivity contribution in [1.29, 1.82) is 0 Å². The zero-order valence-electron chi connectivity index (χ0n) is 9.72. The lowest BCUT2D eigenvalue weighted by Crippen LogP contribution is -2.11. The summed E-state index contributed by atoms with van der Waals surface area (Å²) in [5.74, 6) is 0. The first-order valence-corrected chi connectivity index (χ1v) is 6.50. The van der Waals surface area contributed by atoms with Crippen LogP contribution in [-0.4, -0.2) is 13.0 Å². The molecule has 0 fully saturated rings. The Labute approximate surface area is 103 Å². The minimum atomic E-state index is -4.36. The number of aryl methyl sites for hydroxylation is 2. The van der Waals surface area contributed by atoms with Crippen LogP contribution in [0.3, 0.4) is 0 Å². The summed E-state index contributed by atoms with van der Waals surface area (Å²) in [5, 5.41) is 0.716. The number of benzene rings is 1. The molecule has 0 saturated heterocycles. The summed E-state index contributed by atoms with van der Waals surface area (Å²) in [6, 6.07) is 4.41. The van der Waals surface area contributed by atoms with E-state index in [-0.39, 0.29) is 11.3 Å². The van der Waals surface area contributed by atoms with Gasteiger partial charge in [0.25, 0.3) is 0 Å². The fraction of sp³-hybridized carbons (Fsp3) is 0.182. The van der Waals surface area contributed by atoms with E-state index in [9.17, 15) is 13.2 Å². The van der Waals surface area contributed by atoms with Crippen LogP contribution in [0.15, 0.2) is 27.4 Å². The van der Waals surface area contributed by atoms with Crippen molar-refractivity contribution in [2.45, 2.75) is 13.8 Å². The highest BCUT2D eigenvalue weighted by atomic mass is 32.2. The molecule has 1 heterocycles. The number of fused-ring (bicyclic) bond motifs is 1. The average molecular weight is 269 g/mol. The predicted molar refractivity (Wildman–Crippen MR) is 67.1 cm³/mol. The second-order valence-corrected chi connectivity index (χ2v) is 5.14. The minimum absolute atomic E-state index is 0.166. The molecule has 1 aromatic carbocycles. The van der Waals surface area contributed by atoms with Gasteiger partial charge >= 0.3 is 15.9 Å². The first kappa shape index (κ1) is 12.6. The van der Waals surface area contributed by atoms with Crippen LogP contribution in [0.25, 0.3) is 11.0 Å². The molecule has 0 spiro atoms. The first-order valence-electron chi connectivity index (χ1n) is 5.06. The van der Waals surface area contributed by atoms with Gasteiger partial charge in [-0.3, -0.25) is 9.27 Å². The first-order chi connectivity index (χ1) is 8.26. The molecule has 0 saturated carbocycles. The maximum atomic E-state index is 11.2. The summed E-state index contributed by atoms with van der Waals surface area (Å²) in [7, 11) is -4.36. The normalized spacial score (nSPS) is 11.7. The topological polar surface area (TPSA) is 96.6 Å². The van der Waals surface area contributed by atoms with E-state index in [4.69, 9.17) is 8.97 Å². The van der Waals surface area contributed by atoms with E-state index < -0.39 is 15.9 Å². The Hall–Kier alpha value is -1.86. The summed E-state index contributed by atoms with van der Waals surface area (Å²) >= 11 is 0. The lowest BCUT2D eigenvalue weighted by molar-refractivity contribution is 0.489. The van der Waals surface area contributed by atoms with Crippen LogP contribution < -0.4 is 10.3 Å². The molecule has 0 aliphatic rings. The van der Waals surface area contributed by atoms with Crippen LogP contribution in [0.5, 0.6) is 0 Å². The van der Waals surface area contributed by atoms with Crippen LogP contribution in [0.4, 0.5) is 5.69 Å². The molecule has 6 nitrogen and oxygen atoms in total. The number of anilines is 1. The summed E-state index contributed by atoms with van der Waals surface area (Å²) in [5.41, 5.74) is 1.26. The molecule has 18 heavy (non-hydrogen) atoms. The van der Waals surface area contributed by atoms with Crippen LogP contribution >= 0.6 is 0 Å². The fourth-order valence-corrected chi connectivity index (χ4v) is 2.22. The Morgan fingerprint density at radius 2 is 1.83 bits per heavy atom. The number of hydrogen-bond acceptors (Lipinski definition) is 4. The Morgan fingerprint density at radius 1 is 1.17 bits per heavy atom. The van der Waals surface area contributed by atoms with Gasteiger partial charge in [-0.2, -0.15) is 8.42 Å². The molecule has 0 aliphatic heterocycles. The van der Waals surface area contributed by atoms with E-state index in [1.165, 1.54) is 12.1 Å². The van der Waals surface area contributed by atoms with Gasteiger partial charge in [-0.05, 0) is 31.0 Å². The second-order valence-electron chi connectivity index (χ2n) is 3.99. The largest absolute Gasteiger partial charge is 0.423 e. The smallest absolute Gasteiger partial charge is 0.357 e. The molecular formula is C11H11NO5S. The summed E-state index contributed by atoms with van der Waals surface area (Å²) in [6.45, 7) is 3.44. The highest BCUT2D eigenvalue weighted by Crippen LogP contribution is 2.25. The van der Waals surface area contributed by atoms with Crippen molar-refractivity contribution in [1.82, 2.24) is 0 Å². The Bertz CT molecular complexity index is 776. The molecule has 2 aromatic rings. The lowest BCUT2D eigenvalue weighted by Gasteiger charge is -2.08. The van der Waals surface area contributed by atoms with Gasteiger partial charge in [0.2, 0.25) is 0 Å². The quantitative estimate of drug-likeness (QED) is 0.638. The van der Waals surface area contributed by atoms with Crippen LogP contribution in [-0.2, 0) is 10.3 Å². The number of nitrogens with one attached hydrogen (secondary N) is 1. The SMILES string of the molecule is Cc1cc2c(C)cc(=O)oc2cc1NS(=O)(=O)O. The predicted octanol–water partition coefficient (Wildman–Crippen LogP) is 1.62. The molecule has 0 aliphatic carbocycles. The molecule has 0 bridgehead atoms. The molecule has 0 amide bonds. The van der Waals surface area contributed by atoms with E-state index in [2.05, 4.69) is 0 Å². The van der Waals surface area contributed by atoms with E-state index in [0.717, 1.165) is 5.56 Å². The second kappa shape index (κ2) is 4.11. The van der Waals surface area contributed by atoms with Gasteiger partial charge < -0.3 is 4.42 Å². The maximum Gasteiger partial charge on any atom is 0.357 e. The van der Waals surface area contributed by atoms with Gasteiger partial charge in [-0.1, -0.05) is 0 Å². The van der Waals surface area contributed by atoms with E-state index in [0.29, 0.717) is 10.9 Å². The third-order valence-electron chi connectivity index (χ3n) is 2.54. The lowest BCUT2D eigenvalue weighted by atomic mass is 10.1. The minimum Gasteiger partial charge on any atom is -0.423 e. The van der Waals surface area contributed by atoms with Crippen molar-refractivity contribution in [3.8, 4) is 0 Å². The molecule has 96 valence electrons. The van der Waals surface area contributed by atoms with Gasteiger partial charge in [-0.25, -0.2) is 4.79 Å². The Balaban J connectivity index is 2.72. The fourth-order valence-electron chi connectivity index (χ4n) is 1.72. The summed E-state index contributed by atoms with van der Waals surface area (Å²) in [6.07, 6.45) is 0. The van der Waals surface area contributed by atoms with E-state index >= 15 is 0 Å². The third kappa shape index (κ3) is 2.52. The standard InChI is InChI=1S/C11H11NO5S/c1-6-4-11(13)17-10-5-9(12-18(14,15)16)7(2)3-8(6)10/h3-5,12H,1-2H3,(H,14,15,16). The molecule has 7 heteroatoms. The third-order valence-corrected chi connectivity index (χ3v) is 3.01. The Morgan fingerprint density at radius 3 is 2.44 bits per heavy atom. The molecule has 0 unspecified atom stereocenters. The van der Waals surface area contributed by atoms with Crippen molar-refractivity contribution in [3.63, 3.8) is 0 Å². The zero-order valence-corrected chi connectivity index (χ0v) is 10.5. The molecule has 2 rings (SSSR count). The van der Waals surface area contributed by atoms with E-state index in [1.807, 2.05) is 4.72 Å². The monoisotopic (exact) mass is 269 g/mol. The van der Waals surface area contributed by atoms with Gasteiger partial charge in [0.1, 0.15) is 5.58 Å². The molecule has 0 radical (unpaired) electrons. The van der Waals surface area contributed by atoms with Gasteiger partial charge in [0.15, 0.2) is 0 Å². The van der Waals surface area contributed by atoms with Gasteiger partial charge in [0, 0.05) is 17.5 Å². The molecule has 2 N–H and O–H groups in total. The van der Waals surface area contributed by atoms with E-state index in [1.54, 1.807) is 19.9 Å². The maximum absolute atomic E-state index is 11.2. The Kier molecular flexibility index (Phi) is 2.88. The van der Waals surface area contributed by atoms with Crippen LogP contribution in [0.2, 0.25) is 0 Å². The molecular weight excluding hydrogens is 258 g/mol. The highest BCUT2D eigenvalue weighted by Gasteiger charge is 2.10. The van der Waals surface area contributed by atoms with Crippen LogP contribution in [0, 0.1) is 13.8 Å². The molecule has 1 aromatic heterocycles. The van der Waals surface area contributed by atoms with Crippen molar-refractivity contribution in [3.05, 3.63) is 39.7 Å². The zero-order chi connectivity index (χ0) is 13.5. The van der Waals surface area contributed by atoms with Crippen molar-refractivity contribution >= 4 is 27.0 Å². The molecule has 0 atom stereocenters. The van der Waals surface area contributed by atoms with Crippen molar-refractivity contribution < 1.29 is 17.4 Å². The number of hydrogen-bond donors (Lipinski definition) is 2. The van der Waals surface area contributed by atoms with Gasteiger partial charge in [0.05, 0.1) is 5.69 Å².